The van der Waals surface area contributed by atoms with Gasteiger partial charge in [0.2, 0.25) is 10.0 Å². The Morgan fingerprint density at radius 1 is 0.872 bits per heavy atom. The number of rotatable bonds is 10. The van der Waals surface area contributed by atoms with Gasteiger partial charge in [-0.15, -0.1) is 11.8 Å². The fourth-order valence-electron chi connectivity index (χ4n) is 5.11. The van der Waals surface area contributed by atoms with E-state index in [1.165, 1.54) is 10.6 Å². The largest absolute Gasteiger partial charge is 0.458 e. The molecule has 1 heterocycles. The maximum atomic E-state index is 12.8. The van der Waals surface area contributed by atoms with Gasteiger partial charge in [-0.25, -0.2) is 13.2 Å². The molecule has 1 fully saturated rings. The number of ether oxygens (including phenoxy) is 2. The Hall–Kier alpha value is -2.65. The zero-order valence-corrected chi connectivity index (χ0v) is 24.6. The summed E-state index contributed by atoms with van der Waals surface area (Å²) in [6.07, 6.45) is 1.83. The molecule has 208 valence electrons. The number of benzene rings is 3. The van der Waals surface area contributed by atoms with Crippen molar-refractivity contribution in [2.45, 2.75) is 48.8 Å². The predicted octanol–water partition coefficient (Wildman–Crippen LogP) is 5.47. The summed E-state index contributed by atoms with van der Waals surface area (Å²) in [6, 6.07) is 30.7. The minimum Gasteiger partial charge on any atom is -0.458 e. The van der Waals surface area contributed by atoms with Crippen LogP contribution in [0.1, 0.15) is 43.9 Å². The van der Waals surface area contributed by atoms with Gasteiger partial charge in [0.05, 0.1) is 17.6 Å². The summed E-state index contributed by atoms with van der Waals surface area (Å²) < 4.78 is 37.6. The number of thioether (sulfide) groups is 1. The molecule has 1 aliphatic heterocycles. The lowest BCUT2D eigenvalue weighted by molar-refractivity contribution is -0.160. The van der Waals surface area contributed by atoms with Gasteiger partial charge in [0.1, 0.15) is 12.2 Å². The summed E-state index contributed by atoms with van der Waals surface area (Å²) in [5, 5.41) is -0.0181. The van der Waals surface area contributed by atoms with Gasteiger partial charge in [0.15, 0.2) is 0 Å². The van der Waals surface area contributed by atoms with Gasteiger partial charge in [-0.05, 0) is 43.9 Å². The lowest BCUT2D eigenvalue weighted by atomic mass is 9.84. The Kier molecular flexibility index (Phi) is 9.21. The van der Waals surface area contributed by atoms with Crippen LogP contribution in [-0.4, -0.2) is 61.6 Å². The molecule has 0 amide bonds. The van der Waals surface area contributed by atoms with Crippen LogP contribution < -0.4 is 0 Å². The molecular formula is C31H37NO5S2. The summed E-state index contributed by atoms with van der Waals surface area (Å²) in [5.74, 6) is -0.464. The third kappa shape index (κ3) is 7.31. The van der Waals surface area contributed by atoms with E-state index < -0.39 is 26.3 Å². The molecule has 0 radical (unpaired) electrons. The van der Waals surface area contributed by atoms with E-state index in [4.69, 9.17) is 9.47 Å². The summed E-state index contributed by atoms with van der Waals surface area (Å²) in [5.41, 5.74) is 2.78. The maximum Gasteiger partial charge on any atom is 0.332 e. The molecule has 39 heavy (non-hydrogen) atoms. The molecule has 1 saturated heterocycles. The van der Waals surface area contributed by atoms with Crippen molar-refractivity contribution in [1.82, 2.24) is 4.31 Å². The Morgan fingerprint density at radius 3 is 1.74 bits per heavy atom. The van der Waals surface area contributed by atoms with Gasteiger partial charge in [-0.2, -0.15) is 4.31 Å². The van der Waals surface area contributed by atoms with Crippen molar-refractivity contribution in [3.63, 3.8) is 0 Å². The highest BCUT2D eigenvalue weighted by Gasteiger charge is 2.45. The van der Waals surface area contributed by atoms with Crippen LogP contribution >= 0.6 is 11.8 Å². The van der Waals surface area contributed by atoms with Crippen LogP contribution in [0.4, 0.5) is 0 Å². The van der Waals surface area contributed by atoms with Crippen molar-refractivity contribution in [2.24, 2.45) is 0 Å². The first kappa shape index (κ1) is 29.3. The highest BCUT2D eigenvalue weighted by molar-refractivity contribution is 8.01. The molecule has 6 nitrogen and oxygen atoms in total. The second-order valence-corrected chi connectivity index (χ2v) is 14.3. The quantitative estimate of drug-likeness (QED) is 0.239. The van der Waals surface area contributed by atoms with Crippen molar-refractivity contribution in [3.05, 3.63) is 108 Å². The number of carbonyl (C=O) groups is 1. The fourth-order valence-corrected chi connectivity index (χ4v) is 8.21. The number of hydrogen-bond acceptors (Lipinski definition) is 6. The standard InChI is InChI=1S/C31H37NO5S2/c1-30(2,3)37-29(33)23-36-22-27-20-28(21-32(27)39(4,34)35)38-31(24-14-8-5-9-15-24,25-16-10-6-11-17-25)26-18-12-7-13-19-26/h5-19,27-28H,20-23H2,1-4H3. The van der Waals surface area contributed by atoms with Crippen LogP contribution in [0, 0.1) is 0 Å². The van der Waals surface area contributed by atoms with Gasteiger partial charge in [-0.3, -0.25) is 0 Å². The normalized spacial score (nSPS) is 18.7. The number of carbonyl (C=O) groups excluding carboxylic acids is 1. The predicted molar refractivity (Wildman–Crippen MR) is 157 cm³/mol. The van der Waals surface area contributed by atoms with Gasteiger partial charge in [0.25, 0.3) is 0 Å². The van der Waals surface area contributed by atoms with Crippen molar-refractivity contribution in [2.75, 3.05) is 26.0 Å². The van der Waals surface area contributed by atoms with Crippen molar-refractivity contribution in [1.29, 1.82) is 0 Å². The maximum absolute atomic E-state index is 12.8. The van der Waals surface area contributed by atoms with Gasteiger partial charge >= 0.3 is 5.97 Å². The smallest absolute Gasteiger partial charge is 0.332 e. The van der Waals surface area contributed by atoms with Crippen molar-refractivity contribution < 1.29 is 22.7 Å². The monoisotopic (exact) mass is 567 g/mol. The van der Waals surface area contributed by atoms with E-state index in [0.29, 0.717) is 13.0 Å². The highest BCUT2D eigenvalue weighted by Crippen LogP contribution is 2.52. The van der Waals surface area contributed by atoms with E-state index in [0.717, 1.165) is 16.7 Å². The molecule has 0 bridgehead atoms. The molecule has 0 spiro atoms. The van der Waals surface area contributed by atoms with Crippen molar-refractivity contribution >= 4 is 27.8 Å². The average Bonchev–Trinajstić information content (AvgIpc) is 3.31. The van der Waals surface area contributed by atoms with E-state index in [9.17, 15) is 13.2 Å². The molecule has 0 N–H and O–H groups in total. The third-order valence-corrected chi connectivity index (χ3v) is 9.62. The lowest BCUT2D eigenvalue weighted by Crippen LogP contribution is -2.38. The van der Waals surface area contributed by atoms with Crippen LogP contribution in [0.25, 0.3) is 0 Å². The lowest BCUT2D eigenvalue weighted by Gasteiger charge is -2.37. The Labute approximate surface area is 236 Å². The third-order valence-electron chi connectivity index (χ3n) is 6.59. The van der Waals surface area contributed by atoms with E-state index in [2.05, 4.69) is 36.4 Å². The van der Waals surface area contributed by atoms with Gasteiger partial charge in [0, 0.05) is 17.8 Å². The summed E-state index contributed by atoms with van der Waals surface area (Å²) >= 11 is 1.78. The number of esters is 1. The Morgan fingerprint density at radius 2 is 1.33 bits per heavy atom. The van der Waals surface area contributed by atoms with Gasteiger partial charge < -0.3 is 9.47 Å². The molecule has 4 rings (SSSR count). The first-order chi connectivity index (χ1) is 18.5. The van der Waals surface area contributed by atoms with E-state index in [1.807, 2.05) is 54.6 Å². The van der Waals surface area contributed by atoms with Crippen LogP contribution in [0.5, 0.6) is 0 Å². The van der Waals surface area contributed by atoms with Crippen LogP contribution in [0.3, 0.4) is 0 Å². The summed E-state index contributed by atoms with van der Waals surface area (Å²) in [6.45, 7) is 5.66. The molecule has 0 aromatic heterocycles. The minimum atomic E-state index is -3.49. The molecule has 3 aromatic rings. The number of sulfonamides is 1. The number of nitrogens with zero attached hydrogens (tertiary/aromatic N) is 1. The second-order valence-electron chi connectivity index (χ2n) is 10.8. The summed E-state index contributed by atoms with van der Waals surface area (Å²) in [4.78, 5) is 12.2. The number of hydrogen-bond donors (Lipinski definition) is 0. The van der Waals surface area contributed by atoms with Crippen LogP contribution in [0.2, 0.25) is 0 Å². The zero-order chi connectivity index (χ0) is 28.1. The average molecular weight is 568 g/mol. The highest BCUT2D eigenvalue weighted by atomic mass is 32.2. The molecule has 2 atom stereocenters. The fraction of sp³-hybridized carbons (Fsp3) is 0.387. The first-order valence-corrected chi connectivity index (χ1v) is 15.8. The Bertz CT molecular complexity index is 1230. The second kappa shape index (κ2) is 12.3. The molecular weight excluding hydrogens is 530 g/mol. The van der Waals surface area contributed by atoms with Crippen molar-refractivity contribution in [3.8, 4) is 0 Å². The topological polar surface area (TPSA) is 72.9 Å². The SMILES string of the molecule is CC(C)(C)OC(=O)COCC1CC(SC(c2ccccc2)(c2ccccc2)c2ccccc2)CN1S(C)(=O)=O. The zero-order valence-electron chi connectivity index (χ0n) is 22.9. The van der Waals surface area contributed by atoms with Crippen LogP contribution in [0.15, 0.2) is 91.0 Å². The van der Waals surface area contributed by atoms with Crippen LogP contribution in [-0.2, 0) is 29.0 Å². The molecule has 0 saturated carbocycles. The Balaban J connectivity index is 1.65. The molecule has 3 aromatic carbocycles. The van der Waals surface area contributed by atoms with Gasteiger partial charge in [-0.1, -0.05) is 91.0 Å². The molecule has 0 aliphatic carbocycles. The molecule has 1 aliphatic rings. The van der Waals surface area contributed by atoms with E-state index in [-0.39, 0.29) is 24.5 Å². The van der Waals surface area contributed by atoms with E-state index >= 15 is 0 Å². The first-order valence-electron chi connectivity index (χ1n) is 13.1. The molecule has 8 heteroatoms. The summed E-state index contributed by atoms with van der Waals surface area (Å²) in [7, 11) is -3.49. The van der Waals surface area contributed by atoms with E-state index in [1.54, 1.807) is 32.5 Å². The molecule has 2 unspecified atom stereocenters. The minimum absolute atomic E-state index is 0.0181.